The van der Waals surface area contributed by atoms with Crippen LogP contribution in [0.2, 0.25) is 0 Å². The highest BCUT2D eigenvalue weighted by Crippen LogP contribution is 2.26. The number of fused-ring (bicyclic) bond motifs is 1. The molecule has 6 nitrogen and oxygen atoms in total. The molecule has 1 aromatic heterocycles. The van der Waals surface area contributed by atoms with Gasteiger partial charge in [-0.2, -0.15) is 0 Å². The summed E-state index contributed by atoms with van der Waals surface area (Å²) in [5, 5.41) is 2.14. The number of nitrogens with one attached hydrogen (secondary N) is 1. The van der Waals surface area contributed by atoms with Crippen LogP contribution < -0.4 is 5.32 Å². The molecule has 3 rings (SSSR count). The van der Waals surface area contributed by atoms with E-state index in [-0.39, 0.29) is 24.0 Å². The molecule has 6 heteroatoms. The average molecular weight is 247 g/mol. The predicted molar refractivity (Wildman–Crippen MR) is 60.3 cm³/mol. The molecule has 1 unspecified atom stereocenters. The molecule has 0 bridgehead atoms. The minimum atomic E-state index is -2.11. The molecule has 2 aliphatic heterocycles. The maximum atomic E-state index is 12.3. The van der Waals surface area contributed by atoms with E-state index in [1.807, 2.05) is 0 Å². The molecule has 1 fully saturated rings. The van der Waals surface area contributed by atoms with Crippen molar-refractivity contribution < 1.29 is 17.1 Å². The second-order valence-electron chi connectivity index (χ2n) is 4.18. The smallest absolute Gasteiger partial charge is 0.255 e. The molecule has 0 aromatic carbocycles. The van der Waals surface area contributed by atoms with E-state index in [1.54, 1.807) is 0 Å². The molecule has 1 aromatic rings. The number of rotatable bonds is 1. The number of hydrogen-bond donors (Lipinski definition) is 1. The van der Waals surface area contributed by atoms with E-state index in [0.717, 1.165) is 4.90 Å². The lowest BCUT2D eigenvalue weighted by molar-refractivity contribution is -0.136. The second kappa shape index (κ2) is 3.90. The topological polar surface area (TPSA) is 79.4 Å². The Morgan fingerprint density at radius 2 is 2.28 bits per heavy atom. The number of pyridine rings is 1. The lowest BCUT2D eigenvalue weighted by atomic mass is 10.0. The third-order valence-electron chi connectivity index (χ3n) is 3.03. The first-order valence-electron chi connectivity index (χ1n) is 6.55. The Kier molecular flexibility index (Phi) is 1.91. The Bertz CT molecular complexity index is 632. The highest BCUT2D eigenvalue weighted by atomic mass is 16.2. The molecule has 1 N–H and O–H groups in total. The van der Waals surface area contributed by atoms with Gasteiger partial charge in [0.1, 0.15) is 6.04 Å². The van der Waals surface area contributed by atoms with Crippen LogP contribution in [0.15, 0.2) is 18.5 Å². The fraction of sp³-hybridized carbons (Fsp3) is 0.333. The number of hydrogen-bond acceptors (Lipinski definition) is 4. The Morgan fingerprint density at radius 3 is 3.00 bits per heavy atom. The van der Waals surface area contributed by atoms with Gasteiger partial charge in [-0.3, -0.25) is 24.7 Å². The van der Waals surface area contributed by atoms with E-state index < -0.39 is 30.3 Å². The van der Waals surface area contributed by atoms with Gasteiger partial charge in [-0.1, -0.05) is 0 Å². The summed E-state index contributed by atoms with van der Waals surface area (Å²) in [6.07, 6.45) is 2.90. The largest absolute Gasteiger partial charge is 0.322 e. The number of imide groups is 1. The maximum Gasteiger partial charge on any atom is 0.255 e. The van der Waals surface area contributed by atoms with Crippen molar-refractivity contribution in [1.29, 1.82) is 0 Å². The van der Waals surface area contributed by atoms with Crippen LogP contribution in [0.3, 0.4) is 0 Å². The summed E-state index contributed by atoms with van der Waals surface area (Å²) in [4.78, 5) is 40.1. The zero-order chi connectivity index (χ0) is 14.5. The molecule has 0 radical (unpaired) electrons. The standard InChI is InChI=1S/C12H11N3O3/c16-10-2-1-9(11(17)14-10)15-6-7-5-13-4-3-8(7)12(15)18/h3-5,9H,1-2,6H2,(H,14,16,17)/i6D2. The van der Waals surface area contributed by atoms with Gasteiger partial charge in [0.15, 0.2) is 0 Å². The van der Waals surface area contributed by atoms with Gasteiger partial charge in [0, 0.05) is 36.4 Å². The van der Waals surface area contributed by atoms with Gasteiger partial charge in [0.25, 0.3) is 5.91 Å². The lowest BCUT2D eigenvalue weighted by Gasteiger charge is -2.29. The van der Waals surface area contributed by atoms with E-state index in [4.69, 9.17) is 2.74 Å². The van der Waals surface area contributed by atoms with Crippen molar-refractivity contribution in [3.63, 3.8) is 0 Å². The van der Waals surface area contributed by atoms with E-state index >= 15 is 0 Å². The van der Waals surface area contributed by atoms with Crippen molar-refractivity contribution in [2.45, 2.75) is 25.4 Å². The maximum absolute atomic E-state index is 12.3. The van der Waals surface area contributed by atoms with E-state index in [9.17, 15) is 14.4 Å². The first-order valence-corrected chi connectivity index (χ1v) is 5.55. The third-order valence-corrected chi connectivity index (χ3v) is 3.03. The molecule has 2 aliphatic rings. The summed E-state index contributed by atoms with van der Waals surface area (Å²) in [6.45, 7) is -2.11. The van der Waals surface area contributed by atoms with E-state index in [0.29, 0.717) is 0 Å². The molecule has 0 aliphatic carbocycles. The summed E-state index contributed by atoms with van der Waals surface area (Å²) >= 11 is 0. The molecular weight excluding hydrogens is 234 g/mol. The van der Waals surface area contributed by atoms with Crippen molar-refractivity contribution in [1.82, 2.24) is 15.2 Å². The summed E-state index contributed by atoms with van der Waals surface area (Å²) in [5.41, 5.74) is 0.351. The summed E-state index contributed by atoms with van der Waals surface area (Å²) in [5.74, 6) is -1.60. The molecule has 0 saturated carbocycles. The van der Waals surface area contributed by atoms with Gasteiger partial charge in [0.05, 0.1) is 2.74 Å². The van der Waals surface area contributed by atoms with Gasteiger partial charge in [-0.15, -0.1) is 0 Å². The minimum absolute atomic E-state index is 0.0882. The molecule has 0 spiro atoms. The van der Waals surface area contributed by atoms with Crippen LogP contribution >= 0.6 is 0 Å². The van der Waals surface area contributed by atoms with E-state index in [1.165, 1.54) is 18.5 Å². The summed E-state index contributed by atoms with van der Waals surface area (Å²) in [6, 6.07) is 0.448. The van der Waals surface area contributed by atoms with Crippen LogP contribution in [0, 0.1) is 0 Å². The molecule has 1 saturated heterocycles. The number of nitrogens with zero attached hydrogens (tertiary/aromatic N) is 2. The van der Waals surface area contributed by atoms with Gasteiger partial charge in [0.2, 0.25) is 11.8 Å². The van der Waals surface area contributed by atoms with Gasteiger partial charge in [-0.25, -0.2) is 0 Å². The van der Waals surface area contributed by atoms with Gasteiger partial charge >= 0.3 is 0 Å². The molecule has 18 heavy (non-hydrogen) atoms. The van der Waals surface area contributed by atoms with E-state index in [2.05, 4.69) is 10.3 Å². The van der Waals surface area contributed by atoms with Crippen molar-refractivity contribution in [3.8, 4) is 0 Å². The quantitative estimate of drug-likeness (QED) is 0.699. The zero-order valence-corrected chi connectivity index (χ0v) is 9.34. The number of amides is 3. The van der Waals surface area contributed by atoms with Crippen molar-refractivity contribution >= 4 is 17.7 Å². The number of piperidine rings is 1. The fourth-order valence-electron chi connectivity index (χ4n) is 2.13. The molecule has 3 heterocycles. The highest BCUT2D eigenvalue weighted by molar-refractivity contribution is 6.05. The van der Waals surface area contributed by atoms with Crippen LogP contribution in [0.4, 0.5) is 0 Å². The number of aromatic nitrogens is 1. The first-order chi connectivity index (χ1) is 9.43. The predicted octanol–water partition coefficient (Wildman–Crippen LogP) is -0.157. The monoisotopic (exact) mass is 247 g/mol. The zero-order valence-electron chi connectivity index (χ0n) is 11.3. The van der Waals surface area contributed by atoms with Crippen molar-refractivity contribution in [2.75, 3.05) is 0 Å². The Labute approximate surface area is 106 Å². The fourth-order valence-corrected chi connectivity index (χ4v) is 2.13. The SMILES string of the molecule is [2H]C1([2H])c2cnccc2C(=O)N1C1CCC(=O)NC1=O. The first kappa shape index (κ1) is 8.79. The molecule has 3 amide bonds. The second-order valence-corrected chi connectivity index (χ2v) is 4.18. The highest BCUT2D eigenvalue weighted by Gasteiger charge is 2.38. The summed E-state index contributed by atoms with van der Waals surface area (Å²) in [7, 11) is 0. The summed E-state index contributed by atoms with van der Waals surface area (Å²) < 4.78 is 16.2. The van der Waals surface area contributed by atoms with Crippen LogP contribution in [-0.2, 0) is 16.1 Å². The van der Waals surface area contributed by atoms with Crippen LogP contribution in [0.5, 0.6) is 0 Å². The average Bonchev–Trinajstić information content (AvgIpc) is 2.60. The van der Waals surface area contributed by atoms with Gasteiger partial charge < -0.3 is 4.90 Å². The van der Waals surface area contributed by atoms with Crippen LogP contribution in [0.25, 0.3) is 0 Å². The minimum Gasteiger partial charge on any atom is -0.322 e. The number of carbonyl (C=O) groups excluding carboxylic acids is 3. The molecule has 92 valence electrons. The van der Waals surface area contributed by atoms with Gasteiger partial charge in [-0.05, 0) is 12.5 Å². The Balaban J connectivity index is 2.02. The molecule has 1 atom stereocenters. The van der Waals surface area contributed by atoms with Crippen molar-refractivity contribution in [3.05, 3.63) is 29.6 Å². The normalized spacial score (nSPS) is 27.4. The van der Waals surface area contributed by atoms with Crippen LogP contribution in [-0.4, -0.2) is 33.6 Å². The number of carbonyl (C=O) groups is 3. The third kappa shape index (κ3) is 1.57. The Morgan fingerprint density at radius 1 is 1.44 bits per heavy atom. The Hall–Kier alpha value is -2.24. The lowest BCUT2D eigenvalue weighted by Crippen LogP contribution is -2.52. The van der Waals surface area contributed by atoms with Crippen LogP contribution in [0.1, 0.15) is 31.5 Å². The molecular formula is C12H11N3O3. The van der Waals surface area contributed by atoms with Crippen molar-refractivity contribution in [2.24, 2.45) is 0 Å².